The van der Waals surface area contributed by atoms with Gasteiger partial charge in [-0.15, -0.1) is 20.5 Å². The summed E-state index contributed by atoms with van der Waals surface area (Å²) in [4.78, 5) is 3.46. The number of sulfone groups is 1. The minimum Gasteiger partial charge on any atom is -0.505 e. The Balaban J connectivity index is 1.69. The van der Waals surface area contributed by atoms with Gasteiger partial charge < -0.3 is 15.5 Å². The second-order valence-corrected chi connectivity index (χ2v) is 15.5. The summed E-state index contributed by atoms with van der Waals surface area (Å²) in [5, 5.41) is 37.5. The molecule has 0 atom stereocenters. The van der Waals surface area contributed by atoms with Gasteiger partial charge in [0.15, 0.2) is 9.84 Å². The van der Waals surface area contributed by atoms with E-state index in [-0.39, 0.29) is 5.69 Å². The molecule has 3 aromatic carbocycles. The first-order valence-electron chi connectivity index (χ1n) is 13.0. The first-order valence-corrected chi connectivity index (χ1v) is 18.9. The van der Waals surface area contributed by atoms with Crippen molar-refractivity contribution in [1.82, 2.24) is 9.97 Å². The van der Waals surface area contributed by atoms with Gasteiger partial charge in [-0.2, -0.15) is 44.0 Å². The van der Waals surface area contributed by atoms with E-state index in [0.29, 0.717) is 18.2 Å². The van der Waals surface area contributed by atoms with E-state index >= 15 is 0 Å². The second kappa shape index (κ2) is 14.6. The number of azo groups is 2. The Bertz CT molecular complexity index is 2520. The molecule has 0 radical (unpaired) electrons. The Morgan fingerprint density at radius 1 is 0.667 bits per heavy atom. The number of aromatic hydroxyl groups is 2. The zero-order chi connectivity index (χ0) is 37.9. The first-order chi connectivity index (χ1) is 23.5. The summed E-state index contributed by atoms with van der Waals surface area (Å²) in [6.45, 7) is -1.05. The number of halogens is 2. The maximum absolute atomic E-state index is 13.5. The van der Waals surface area contributed by atoms with Crippen LogP contribution in [0.15, 0.2) is 89.7 Å². The molecule has 0 unspecified atom stereocenters. The van der Waals surface area contributed by atoms with Crippen LogP contribution in [0.1, 0.15) is 0 Å². The molecular weight excluding hydrogens is 777 g/mol. The molecule has 0 saturated carbocycles. The molecule has 27 heteroatoms. The van der Waals surface area contributed by atoms with Crippen molar-refractivity contribution in [2.24, 2.45) is 20.5 Å². The van der Waals surface area contributed by atoms with Crippen LogP contribution < -0.4 is 5.32 Å². The van der Waals surface area contributed by atoms with Crippen LogP contribution in [0.2, 0.25) is 0 Å². The average Bonchev–Trinajstić information content (AvgIpc) is 2.98. The topological polar surface area (TPSA) is 334 Å². The maximum atomic E-state index is 13.5. The van der Waals surface area contributed by atoms with E-state index in [1.165, 1.54) is 0 Å². The van der Waals surface area contributed by atoms with Crippen LogP contribution >= 0.6 is 0 Å². The van der Waals surface area contributed by atoms with Gasteiger partial charge in [-0.1, -0.05) is 0 Å². The highest BCUT2D eigenvalue weighted by Crippen LogP contribution is 2.41. The van der Waals surface area contributed by atoms with Crippen molar-refractivity contribution in [1.29, 1.82) is 0 Å². The van der Waals surface area contributed by atoms with Crippen molar-refractivity contribution in [3.05, 3.63) is 66.6 Å². The Morgan fingerprint density at radius 2 is 1.25 bits per heavy atom. The molecule has 0 amide bonds. The number of nitrogens with one attached hydrogen (secondary N) is 1. The molecule has 4 aromatic rings. The number of aromatic nitrogens is 2. The molecular formula is C24H19F2N7O14S4. The number of phenols is 2. The van der Waals surface area contributed by atoms with Gasteiger partial charge in [-0.05, 0) is 36.4 Å². The number of anilines is 2. The van der Waals surface area contributed by atoms with Crippen LogP contribution in [0, 0.1) is 12.0 Å². The Labute approximate surface area is 285 Å². The summed E-state index contributed by atoms with van der Waals surface area (Å²) in [6, 6.07) is 7.05. The fourth-order valence-electron chi connectivity index (χ4n) is 3.77. The standard InChI is InChI=1S/C24H19F2N7O14S4/c25-22-11-23(29-24(26)28-22)27-12-1-4-20(49(38,39)40)17(7-12)33-32-16-9-15(18(34)10-19(16)35)31-30-14-3-2-13(8-21(14)50(41,42)43)48(36,37)6-5-47-51(44,45)46/h1-4,7-11,34-35H,5-6H2,(H,27,28,29)(H,38,39,40)(H,41,42,43)(H,44,45,46). The highest BCUT2D eigenvalue weighted by molar-refractivity contribution is 7.91. The van der Waals surface area contributed by atoms with Crippen LogP contribution in [0.3, 0.4) is 0 Å². The van der Waals surface area contributed by atoms with Gasteiger partial charge in [-0.3, -0.25) is 13.7 Å². The monoisotopic (exact) mass is 795 g/mol. The summed E-state index contributed by atoms with van der Waals surface area (Å²) in [6.07, 6.45) is -1.43. The highest BCUT2D eigenvalue weighted by Gasteiger charge is 2.23. The van der Waals surface area contributed by atoms with Crippen LogP contribution in [0.4, 0.5) is 43.0 Å². The lowest BCUT2D eigenvalue weighted by Gasteiger charge is -2.09. The van der Waals surface area contributed by atoms with Gasteiger partial charge in [0.05, 0.1) is 17.3 Å². The van der Waals surface area contributed by atoms with E-state index < -0.39 is 120 Å². The van der Waals surface area contributed by atoms with Gasteiger partial charge in [0.2, 0.25) is 5.95 Å². The molecule has 0 saturated heterocycles. The molecule has 4 rings (SSSR count). The molecule has 0 bridgehead atoms. The molecule has 0 aliphatic heterocycles. The Kier molecular flexibility index (Phi) is 11.1. The summed E-state index contributed by atoms with van der Waals surface area (Å²) in [7, 11) is -19.6. The molecule has 1 aromatic heterocycles. The van der Waals surface area contributed by atoms with Crippen molar-refractivity contribution in [2.75, 3.05) is 17.7 Å². The molecule has 1 heterocycles. The van der Waals surface area contributed by atoms with Crippen molar-refractivity contribution in [3.63, 3.8) is 0 Å². The van der Waals surface area contributed by atoms with Crippen molar-refractivity contribution in [3.8, 4) is 11.5 Å². The summed E-state index contributed by atoms with van der Waals surface area (Å²) < 4.78 is 153. The second-order valence-electron chi connectivity index (χ2n) is 9.53. The lowest BCUT2D eigenvalue weighted by Crippen LogP contribution is -2.16. The van der Waals surface area contributed by atoms with Gasteiger partial charge in [0.25, 0.3) is 20.2 Å². The normalized spacial score (nSPS) is 12.9. The third-order valence-electron chi connectivity index (χ3n) is 5.93. The van der Waals surface area contributed by atoms with E-state index in [4.69, 9.17) is 4.55 Å². The molecule has 0 aliphatic rings. The fraction of sp³-hybridized carbons (Fsp3) is 0.0833. The van der Waals surface area contributed by atoms with Crippen molar-refractivity contribution >= 4 is 74.7 Å². The lowest BCUT2D eigenvalue weighted by atomic mass is 10.2. The zero-order valence-electron chi connectivity index (χ0n) is 24.6. The van der Waals surface area contributed by atoms with Gasteiger partial charge in [0.1, 0.15) is 49.9 Å². The quantitative estimate of drug-likeness (QED) is 0.0484. The lowest BCUT2D eigenvalue weighted by molar-refractivity contribution is 0.284. The smallest absolute Gasteiger partial charge is 0.397 e. The maximum Gasteiger partial charge on any atom is 0.397 e. The van der Waals surface area contributed by atoms with Crippen LogP contribution in [-0.4, -0.2) is 79.9 Å². The molecule has 6 N–H and O–H groups in total. The van der Waals surface area contributed by atoms with E-state index in [9.17, 15) is 61.8 Å². The van der Waals surface area contributed by atoms with E-state index in [2.05, 4.69) is 39.9 Å². The van der Waals surface area contributed by atoms with Crippen LogP contribution in [0.25, 0.3) is 0 Å². The summed E-state index contributed by atoms with van der Waals surface area (Å²) in [5.74, 6) is -4.26. The largest absolute Gasteiger partial charge is 0.505 e. The van der Waals surface area contributed by atoms with Crippen LogP contribution in [0.5, 0.6) is 11.5 Å². The zero-order valence-corrected chi connectivity index (χ0v) is 27.9. The van der Waals surface area contributed by atoms with E-state index in [1.807, 2.05) is 0 Å². The van der Waals surface area contributed by atoms with Gasteiger partial charge in [-0.25, -0.2) is 12.6 Å². The molecule has 21 nitrogen and oxygen atoms in total. The predicted octanol–water partition coefficient (Wildman–Crippen LogP) is 3.83. The van der Waals surface area contributed by atoms with Crippen LogP contribution in [-0.2, 0) is 44.7 Å². The average molecular weight is 796 g/mol. The molecule has 272 valence electrons. The van der Waals surface area contributed by atoms with Gasteiger partial charge >= 0.3 is 16.5 Å². The number of nitrogens with zero attached hydrogens (tertiary/aromatic N) is 6. The molecule has 51 heavy (non-hydrogen) atoms. The number of hydrogen-bond donors (Lipinski definition) is 6. The number of hydrogen-bond acceptors (Lipinski definition) is 18. The Hall–Kier alpha value is -5.16. The predicted molar refractivity (Wildman–Crippen MR) is 165 cm³/mol. The number of rotatable bonds is 13. The number of benzene rings is 3. The minimum absolute atomic E-state index is 0.0711. The minimum atomic E-state index is -5.21. The Morgan fingerprint density at radius 3 is 1.82 bits per heavy atom. The van der Waals surface area contributed by atoms with E-state index in [0.717, 1.165) is 36.4 Å². The third-order valence-corrected chi connectivity index (χ3v) is 9.86. The SMILES string of the molecule is O=S(=O)(O)OCCS(=O)(=O)c1ccc(N=Nc2cc(N=Nc3cc(Nc4cc(F)nc(F)n4)ccc3S(=O)(=O)O)c(O)cc2O)c(S(=O)(=O)O)c1. The molecule has 0 aliphatic carbocycles. The summed E-state index contributed by atoms with van der Waals surface area (Å²) >= 11 is 0. The molecule has 0 fully saturated rings. The van der Waals surface area contributed by atoms with Crippen molar-refractivity contribution < 1.29 is 70.5 Å². The van der Waals surface area contributed by atoms with Crippen molar-refractivity contribution in [2.45, 2.75) is 14.7 Å². The van der Waals surface area contributed by atoms with Gasteiger partial charge in [0, 0.05) is 23.9 Å². The third kappa shape index (κ3) is 10.4. The summed E-state index contributed by atoms with van der Waals surface area (Å²) in [5.41, 5.74) is -2.44. The molecule has 0 spiro atoms. The fourth-order valence-corrected chi connectivity index (χ4v) is 6.61. The number of phenolic OH excluding ortho intramolecular Hbond substituents is 2. The first kappa shape index (κ1) is 38.6. The highest BCUT2D eigenvalue weighted by atomic mass is 32.3. The van der Waals surface area contributed by atoms with E-state index in [1.54, 1.807) is 0 Å².